The van der Waals surface area contributed by atoms with E-state index < -0.39 is 5.60 Å². The number of fused-ring (bicyclic) bond motifs is 2. The van der Waals surface area contributed by atoms with Crippen LogP contribution in [-0.2, 0) is 9.53 Å². The molecule has 0 radical (unpaired) electrons. The quantitative estimate of drug-likeness (QED) is 0.723. The summed E-state index contributed by atoms with van der Waals surface area (Å²) in [7, 11) is 0. The number of ether oxygens (including phenoxy) is 2. The Kier molecular flexibility index (Phi) is 6.39. The van der Waals surface area contributed by atoms with Crippen molar-refractivity contribution in [2.45, 2.75) is 89.5 Å². The fourth-order valence-corrected chi connectivity index (χ4v) is 5.24. The van der Waals surface area contributed by atoms with Gasteiger partial charge in [-0.1, -0.05) is 0 Å². The van der Waals surface area contributed by atoms with Crippen LogP contribution in [0.5, 0.6) is 5.75 Å². The lowest BCUT2D eigenvalue weighted by atomic mass is 9.91. The molecule has 0 N–H and O–H groups in total. The van der Waals surface area contributed by atoms with Crippen molar-refractivity contribution in [1.82, 2.24) is 14.8 Å². The average molecular weight is 430 g/mol. The van der Waals surface area contributed by atoms with Crippen LogP contribution in [0, 0.1) is 5.92 Å². The molecule has 3 aliphatic heterocycles. The number of nitrogens with zero attached hydrogens (tertiary/aromatic N) is 3. The maximum Gasteiger partial charge on any atom is 0.410 e. The monoisotopic (exact) mass is 429 g/mol. The maximum atomic E-state index is 13.2. The summed E-state index contributed by atoms with van der Waals surface area (Å²) in [6.45, 7) is 6.99. The van der Waals surface area contributed by atoms with E-state index in [9.17, 15) is 9.59 Å². The predicted molar refractivity (Wildman–Crippen MR) is 117 cm³/mol. The minimum atomic E-state index is -0.476. The first kappa shape index (κ1) is 21.9. The van der Waals surface area contributed by atoms with E-state index >= 15 is 0 Å². The van der Waals surface area contributed by atoms with Crippen LogP contribution in [0.15, 0.2) is 24.5 Å². The first-order valence-electron chi connectivity index (χ1n) is 11.6. The molecule has 1 aromatic rings. The summed E-state index contributed by atoms with van der Waals surface area (Å²) in [5.41, 5.74) is -0.476. The summed E-state index contributed by atoms with van der Waals surface area (Å²) >= 11 is 0. The Morgan fingerprint density at radius 2 is 1.65 bits per heavy atom. The highest BCUT2D eigenvalue weighted by Gasteiger charge is 2.44. The van der Waals surface area contributed by atoms with Crippen molar-refractivity contribution in [3.05, 3.63) is 24.5 Å². The normalized spacial score (nSPS) is 26.6. The van der Waals surface area contributed by atoms with Crippen molar-refractivity contribution >= 4 is 12.0 Å². The lowest BCUT2D eigenvalue weighted by Crippen LogP contribution is -2.50. The molecule has 7 heteroatoms. The molecule has 0 saturated carbocycles. The average Bonchev–Trinajstić information content (AvgIpc) is 2.99. The number of pyridine rings is 1. The maximum absolute atomic E-state index is 13.2. The molecule has 4 rings (SSSR count). The topological polar surface area (TPSA) is 72.0 Å². The van der Waals surface area contributed by atoms with Gasteiger partial charge in [0.2, 0.25) is 5.91 Å². The van der Waals surface area contributed by atoms with Crippen molar-refractivity contribution in [3.63, 3.8) is 0 Å². The van der Waals surface area contributed by atoms with E-state index in [4.69, 9.17) is 9.47 Å². The van der Waals surface area contributed by atoms with Gasteiger partial charge >= 0.3 is 6.09 Å². The van der Waals surface area contributed by atoms with Crippen LogP contribution in [0.3, 0.4) is 0 Å². The Labute approximate surface area is 185 Å². The second-order valence-corrected chi connectivity index (χ2v) is 10.2. The molecular formula is C24H35N3O4. The summed E-state index contributed by atoms with van der Waals surface area (Å²) < 4.78 is 11.6. The third-order valence-corrected chi connectivity index (χ3v) is 6.66. The van der Waals surface area contributed by atoms with Crippen LogP contribution in [0.25, 0.3) is 0 Å². The molecule has 170 valence electrons. The number of carbonyl (C=O) groups is 2. The lowest BCUT2D eigenvalue weighted by Gasteiger charge is -2.40. The van der Waals surface area contributed by atoms with Gasteiger partial charge in [-0.05, 0) is 64.5 Å². The third-order valence-electron chi connectivity index (χ3n) is 6.66. The molecule has 2 amide bonds. The van der Waals surface area contributed by atoms with Gasteiger partial charge in [-0.3, -0.25) is 9.78 Å². The zero-order valence-corrected chi connectivity index (χ0v) is 19.0. The van der Waals surface area contributed by atoms with Gasteiger partial charge in [0.15, 0.2) is 0 Å². The highest BCUT2D eigenvalue weighted by molar-refractivity contribution is 5.77. The van der Waals surface area contributed by atoms with Crippen LogP contribution in [0.1, 0.15) is 65.7 Å². The highest BCUT2D eigenvalue weighted by atomic mass is 16.6. The standard InChI is InChI=1S/C24H35N3O4/c1-24(2,3)31-23(29)26-12-8-17(9-13-26)14-22(28)27-18-4-5-19(27)16-21(15-18)30-20-6-10-25-11-7-20/h6-7,10-11,17-19,21H,4-5,8-9,12-16H2,1-3H3/t18-,19-/m0/s1. The molecule has 4 heterocycles. The Balaban J connectivity index is 1.25. The summed E-state index contributed by atoms with van der Waals surface area (Å²) in [6, 6.07) is 4.37. The van der Waals surface area contributed by atoms with Gasteiger partial charge in [-0.2, -0.15) is 0 Å². The molecule has 31 heavy (non-hydrogen) atoms. The fraction of sp³-hybridized carbons (Fsp3) is 0.708. The van der Waals surface area contributed by atoms with E-state index in [1.54, 1.807) is 17.3 Å². The number of piperidine rings is 2. The number of amides is 2. The summed E-state index contributed by atoms with van der Waals surface area (Å²) in [4.78, 5) is 33.4. The largest absolute Gasteiger partial charge is 0.490 e. The molecule has 2 bridgehead atoms. The number of aromatic nitrogens is 1. The van der Waals surface area contributed by atoms with Crippen LogP contribution in [0.4, 0.5) is 4.79 Å². The van der Waals surface area contributed by atoms with Gasteiger partial charge in [-0.25, -0.2) is 4.79 Å². The van der Waals surface area contributed by atoms with Crippen LogP contribution in [-0.4, -0.2) is 63.7 Å². The predicted octanol–water partition coefficient (Wildman–Crippen LogP) is 4.02. The van der Waals surface area contributed by atoms with E-state index in [0.717, 1.165) is 44.3 Å². The molecule has 3 aliphatic rings. The lowest BCUT2D eigenvalue weighted by molar-refractivity contribution is -0.138. The number of rotatable bonds is 4. The van der Waals surface area contributed by atoms with Crippen molar-refractivity contribution < 1.29 is 19.1 Å². The van der Waals surface area contributed by atoms with Gasteiger partial charge in [0.25, 0.3) is 0 Å². The molecule has 3 saturated heterocycles. The molecule has 3 fully saturated rings. The number of hydrogen-bond donors (Lipinski definition) is 0. The molecule has 1 aromatic heterocycles. The van der Waals surface area contributed by atoms with Crippen molar-refractivity contribution in [1.29, 1.82) is 0 Å². The molecule has 7 nitrogen and oxygen atoms in total. The molecule has 0 unspecified atom stereocenters. The summed E-state index contributed by atoms with van der Waals surface area (Å²) in [6.07, 6.45) is 9.69. The van der Waals surface area contributed by atoms with Gasteiger partial charge in [0.1, 0.15) is 17.5 Å². The van der Waals surface area contributed by atoms with E-state index in [-0.39, 0.29) is 18.1 Å². The van der Waals surface area contributed by atoms with E-state index in [2.05, 4.69) is 9.88 Å². The Bertz CT molecular complexity index is 757. The zero-order chi connectivity index (χ0) is 22.0. The van der Waals surface area contributed by atoms with Crippen LogP contribution >= 0.6 is 0 Å². The van der Waals surface area contributed by atoms with E-state index in [1.165, 1.54) is 0 Å². The van der Waals surface area contributed by atoms with E-state index in [0.29, 0.717) is 37.5 Å². The van der Waals surface area contributed by atoms with Crippen molar-refractivity contribution in [2.75, 3.05) is 13.1 Å². The van der Waals surface area contributed by atoms with Gasteiger partial charge < -0.3 is 19.3 Å². The minimum Gasteiger partial charge on any atom is -0.490 e. The second kappa shape index (κ2) is 9.05. The second-order valence-electron chi connectivity index (χ2n) is 10.2. The van der Waals surface area contributed by atoms with E-state index in [1.807, 2.05) is 32.9 Å². The Morgan fingerprint density at radius 3 is 2.23 bits per heavy atom. The summed E-state index contributed by atoms with van der Waals surface area (Å²) in [5, 5.41) is 0. The highest BCUT2D eigenvalue weighted by Crippen LogP contribution is 2.38. The van der Waals surface area contributed by atoms with Crippen molar-refractivity contribution in [3.8, 4) is 5.75 Å². The van der Waals surface area contributed by atoms with Crippen LogP contribution < -0.4 is 4.74 Å². The smallest absolute Gasteiger partial charge is 0.410 e. The first-order chi connectivity index (χ1) is 14.8. The number of carbonyl (C=O) groups excluding carboxylic acids is 2. The number of hydrogen-bond acceptors (Lipinski definition) is 5. The molecule has 0 aromatic carbocycles. The number of likely N-dealkylation sites (tertiary alicyclic amines) is 1. The van der Waals surface area contributed by atoms with Gasteiger partial charge in [0.05, 0.1) is 0 Å². The SMILES string of the molecule is CC(C)(C)OC(=O)N1CCC(CC(=O)N2[C@H]3CC[C@H]2CC(Oc2ccncc2)C3)CC1. The summed E-state index contributed by atoms with van der Waals surface area (Å²) in [5.74, 6) is 1.48. The molecule has 0 aliphatic carbocycles. The van der Waals surface area contributed by atoms with Crippen LogP contribution in [0.2, 0.25) is 0 Å². The molecule has 0 spiro atoms. The zero-order valence-electron chi connectivity index (χ0n) is 19.0. The molecule has 2 atom stereocenters. The Hall–Kier alpha value is -2.31. The first-order valence-corrected chi connectivity index (χ1v) is 11.6. The minimum absolute atomic E-state index is 0.168. The third kappa shape index (κ3) is 5.49. The fourth-order valence-electron chi connectivity index (χ4n) is 5.24. The molecular weight excluding hydrogens is 394 g/mol. The van der Waals surface area contributed by atoms with Crippen molar-refractivity contribution in [2.24, 2.45) is 5.92 Å². The van der Waals surface area contributed by atoms with Gasteiger partial charge in [-0.15, -0.1) is 0 Å². The Morgan fingerprint density at radius 1 is 1.03 bits per heavy atom. The van der Waals surface area contributed by atoms with Gasteiger partial charge in [0, 0.05) is 56.8 Å².